The minimum atomic E-state index is -1.00. The van der Waals surface area contributed by atoms with Gasteiger partial charge in [0, 0.05) is 67.9 Å². The van der Waals surface area contributed by atoms with Gasteiger partial charge in [-0.05, 0) is 75.0 Å². The quantitative estimate of drug-likeness (QED) is 0.277. The summed E-state index contributed by atoms with van der Waals surface area (Å²) in [6.45, 7) is 9.13. The molecule has 2 N–H and O–H groups in total. The van der Waals surface area contributed by atoms with E-state index in [9.17, 15) is 24.6 Å². The van der Waals surface area contributed by atoms with E-state index in [0.29, 0.717) is 49.0 Å². The number of rotatable bonds is 4. The number of piperidine rings is 2. The van der Waals surface area contributed by atoms with Crippen LogP contribution in [0.1, 0.15) is 61.8 Å². The van der Waals surface area contributed by atoms with Gasteiger partial charge < -0.3 is 34.1 Å². The van der Waals surface area contributed by atoms with E-state index in [1.165, 1.54) is 19.4 Å². The molecule has 11 nitrogen and oxygen atoms in total. The molecule has 2 aromatic rings. The third-order valence-corrected chi connectivity index (χ3v) is 13.4. The summed E-state index contributed by atoms with van der Waals surface area (Å²) in [6.07, 6.45) is 8.66. The van der Waals surface area contributed by atoms with Gasteiger partial charge in [-0.15, -0.1) is 6.58 Å². The van der Waals surface area contributed by atoms with Crippen molar-refractivity contribution in [2.45, 2.75) is 99.2 Å². The molecule has 4 aliphatic carbocycles. The van der Waals surface area contributed by atoms with Crippen LogP contribution in [0.3, 0.4) is 0 Å². The number of carbonyl (C=O) groups is 3. The molecule has 9 atom stereocenters. The van der Waals surface area contributed by atoms with Crippen LogP contribution in [0, 0.1) is 5.92 Å². The SMILES string of the molecule is C=CCN1CC[C@]23c4c5ccc(O)c4O[C@H]2C(=O)CC[C@@]3(O)[C@H]1C5.CC(=O)Oc1ccc2c3c1O[C@H]1[C@@H](OC(C)=O)C=C[C@H]4[C@@H](C2)N(C)CC[C@@]341. The highest BCUT2D eigenvalue weighted by Gasteiger charge is 2.73. The van der Waals surface area contributed by atoms with Crippen LogP contribution in [-0.4, -0.2) is 100 Å². The van der Waals surface area contributed by atoms with Crippen molar-refractivity contribution in [2.24, 2.45) is 5.92 Å². The second-order valence-electron chi connectivity index (χ2n) is 15.6. The summed E-state index contributed by atoms with van der Waals surface area (Å²) in [5, 5.41) is 22.1. The van der Waals surface area contributed by atoms with E-state index < -0.39 is 23.2 Å². The summed E-state index contributed by atoms with van der Waals surface area (Å²) in [6, 6.07) is 7.79. The first-order valence-electron chi connectivity index (χ1n) is 18.1. The van der Waals surface area contributed by atoms with Crippen molar-refractivity contribution in [3.05, 3.63) is 71.3 Å². The van der Waals surface area contributed by atoms with Crippen molar-refractivity contribution in [3.63, 3.8) is 0 Å². The van der Waals surface area contributed by atoms with Crippen molar-refractivity contribution in [1.82, 2.24) is 9.80 Å². The molecule has 3 fully saturated rings. The van der Waals surface area contributed by atoms with E-state index in [4.69, 9.17) is 18.9 Å². The molecule has 10 rings (SSSR count). The van der Waals surface area contributed by atoms with Crippen LogP contribution in [0.4, 0.5) is 0 Å². The maximum atomic E-state index is 12.6. The first-order valence-corrected chi connectivity index (χ1v) is 18.1. The number of aromatic hydroxyl groups is 1. The third kappa shape index (κ3) is 4.19. The number of likely N-dealkylation sites (tertiary alicyclic amines) is 2. The van der Waals surface area contributed by atoms with E-state index in [-0.39, 0.29) is 47.0 Å². The molecule has 51 heavy (non-hydrogen) atoms. The molecule has 2 spiro atoms. The average Bonchev–Trinajstić information content (AvgIpc) is 3.63. The van der Waals surface area contributed by atoms with Crippen molar-refractivity contribution in [2.75, 3.05) is 26.7 Å². The maximum absolute atomic E-state index is 12.6. The number of Topliss-reactive ketones (excluding diaryl/α,β-unsaturated/α-hetero) is 1. The molecule has 0 aromatic heterocycles. The third-order valence-electron chi connectivity index (χ3n) is 13.4. The fourth-order valence-electron chi connectivity index (χ4n) is 11.5. The smallest absolute Gasteiger partial charge is 0.308 e. The Morgan fingerprint density at radius 1 is 1.00 bits per heavy atom. The Hall–Kier alpha value is -4.19. The second-order valence-corrected chi connectivity index (χ2v) is 15.6. The van der Waals surface area contributed by atoms with Crippen LogP contribution < -0.4 is 14.2 Å². The van der Waals surface area contributed by atoms with Gasteiger partial charge in [0.1, 0.15) is 6.10 Å². The van der Waals surface area contributed by atoms with Gasteiger partial charge in [-0.1, -0.05) is 24.3 Å². The van der Waals surface area contributed by atoms with Gasteiger partial charge in [0.15, 0.2) is 41.0 Å². The van der Waals surface area contributed by atoms with Crippen molar-refractivity contribution in [1.29, 1.82) is 0 Å². The maximum Gasteiger partial charge on any atom is 0.308 e. The minimum absolute atomic E-state index is 0.0408. The molecular weight excluding hydrogens is 652 g/mol. The number of esters is 2. The zero-order valence-electron chi connectivity index (χ0n) is 29.2. The monoisotopic (exact) mass is 696 g/mol. The summed E-state index contributed by atoms with van der Waals surface area (Å²) >= 11 is 0. The molecule has 0 radical (unpaired) electrons. The lowest BCUT2D eigenvalue weighted by molar-refractivity contribution is -0.187. The number of benzene rings is 2. The highest BCUT2D eigenvalue weighted by molar-refractivity contribution is 5.90. The van der Waals surface area contributed by atoms with Gasteiger partial charge in [0.2, 0.25) is 0 Å². The first-order chi connectivity index (χ1) is 24.4. The topological polar surface area (TPSA) is 135 Å². The summed E-state index contributed by atoms with van der Waals surface area (Å²) in [5.74, 6) is 1.24. The predicted octanol–water partition coefficient (Wildman–Crippen LogP) is 3.29. The highest BCUT2D eigenvalue weighted by Crippen LogP contribution is 2.65. The fraction of sp³-hybridized carbons (Fsp3) is 0.525. The molecule has 4 heterocycles. The fourth-order valence-corrected chi connectivity index (χ4v) is 11.5. The number of hydrogen-bond donors (Lipinski definition) is 2. The Balaban J connectivity index is 0.000000137. The summed E-state index contributed by atoms with van der Waals surface area (Å²) < 4.78 is 23.5. The lowest BCUT2D eigenvalue weighted by atomic mass is 9.49. The van der Waals surface area contributed by atoms with Gasteiger partial charge in [-0.2, -0.15) is 0 Å². The number of carbonyl (C=O) groups excluding carboxylic acids is 3. The Morgan fingerprint density at radius 3 is 2.55 bits per heavy atom. The zero-order valence-corrected chi connectivity index (χ0v) is 29.2. The normalized spacial score (nSPS) is 37.1. The number of likely N-dealkylation sites (N-methyl/N-ethyl adjacent to an activating group) is 1. The Morgan fingerprint density at radius 2 is 1.78 bits per heavy atom. The molecule has 11 heteroatoms. The van der Waals surface area contributed by atoms with Crippen LogP contribution >= 0.6 is 0 Å². The number of ketones is 1. The molecular formula is C40H44N2O9. The molecule has 2 aromatic carbocycles. The molecule has 2 saturated heterocycles. The Labute approximate surface area is 296 Å². The number of nitrogens with zero attached hydrogens (tertiary/aromatic N) is 2. The molecule has 0 amide bonds. The Kier molecular flexibility index (Phi) is 7.15. The number of hydrogen-bond acceptors (Lipinski definition) is 11. The Bertz CT molecular complexity index is 1920. The molecule has 1 saturated carbocycles. The summed E-state index contributed by atoms with van der Waals surface area (Å²) in [7, 11) is 2.17. The van der Waals surface area contributed by atoms with Crippen molar-refractivity contribution < 1.29 is 43.5 Å². The molecule has 8 aliphatic rings. The van der Waals surface area contributed by atoms with Crippen LogP contribution in [0.2, 0.25) is 0 Å². The zero-order chi connectivity index (χ0) is 35.6. The van der Waals surface area contributed by atoms with Crippen LogP contribution in [0.25, 0.3) is 0 Å². The summed E-state index contributed by atoms with van der Waals surface area (Å²) in [5.41, 5.74) is 2.41. The number of aliphatic hydroxyl groups is 1. The average molecular weight is 697 g/mol. The van der Waals surface area contributed by atoms with E-state index in [1.807, 2.05) is 24.3 Å². The molecule has 4 bridgehead atoms. The van der Waals surface area contributed by atoms with Gasteiger partial charge in [0.25, 0.3) is 0 Å². The van der Waals surface area contributed by atoms with E-state index in [0.717, 1.165) is 49.2 Å². The van der Waals surface area contributed by atoms with Crippen molar-refractivity contribution >= 4 is 17.7 Å². The standard InChI is InChI=1S/C21H23NO5.C19H21NO4/c1-11(23)25-16-6-4-13-10-15-14-5-7-17(26-12(2)24)20-21(14,8-9-22(15)3)18(13)19(16)27-20;1-2-8-20-9-7-18-15-11-3-4-12(21)16(15)24-17(18)13(22)5-6-19(18,23)14(20)10-11/h4-7,14-15,17,20H,8-10H2,1-3H3;2-4,14,17,21,23H,1,5-10H2/t14-,15+,17-,20-,21-;14-,17+,18+,19-/m01/s1. The second kappa shape index (κ2) is 11.2. The lowest BCUT2D eigenvalue weighted by Crippen LogP contribution is -2.76. The number of phenols is 1. The number of ether oxygens (including phenoxy) is 4. The highest BCUT2D eigenvalue weighted by atomic mass is 16.6. The van der Waals surface area contributed by atoms with Gasteiger partial charge in [-0.25, -0.2) is 0 Å². The van der Waals surface area contributed by atoms with Gasteiger partial charge >= 0.3 is 11.9 Å². The van der Waals surface area contributed by atoms with E-state index in [1.54, 1.807) is 6.07 Å². The molecule has 4 aliphatic heterocycles. The lowest BCUT2D eigenvalue weighted by Gasteiger charge is -2.62. The largest absolute Gasteiger partial charge is 0.504 e. The van der Waals surface area contributed by atoms with Gasteiger partial charge in [0.05, 0.1) is 11.0 Å². The van der Waals surface area contributed by atoms with Crippen LogP contribution in [-0.2, 0) is 42.8 Å². The van der Waals surface area contributed by atoms with Crippen molar-refractivity contribution in [3.8, 4) is 23.0 Å². The molecule has 0 unspecified atom stereocenters. The van der Waals surface area contributed by atoms with Crippen LogP contribution in [0.15, 0.2) is 49.1 Å². The summed E-state index contributed by atoms with van der Waals surface area (Å²) in [4.78, 5) is 40.6. The predicted molar refractivity (Wildman–Crippen MR) is 184 cm³/mol. The van der Waals surface area contributed by atoms with E-state index >= 15 is 0 Å². The minimum Gasteiger partial charge on any atom is -0.504 e. The molecule has 268 valence electrons. The van der Waals surface area contributed by atoms with E-state index in [2.05, 4.69) is 35.6 Å². The van der Waals surface area contributed by atoms with Crippen LogP contribution in [0.5, 0.6) is 23.0 Å². The van der Waals surface area contributed by atoms with Gasteiger partial charge in [-0.3, -0.25) is 19.3 Å². The number of phenolic OH excluding ortho intramolecular Hbond substituents is 1. The first kappa shape index (κ1) is 32.7.